The first-order valence-corrected chi connectivity index (χ1v) is 5.08. The van der Waals surface area contributed by atoms with E-state index in [9.17, 15) is 4.79 Å². The summed E-state index contributed by atoms with van der Waals surface area (Å²) < 4.78 is 0.146. The second-order valence-corrected chi connectivity index (χ2v) is 4.17. The van der Waals surface area contributed by atoms with Gasteiger partial charge in [-0.05, 0) is 23.9 Å². The SMILES string of the molecule is C[C@H](CCCl)/C(C(=O)Cl)=C(\S)Cl. The number of hydrogen-bond acceptors (Lipinski definition) is 2. The van der Waals surface area contributed by atoms with Gasteiger partial charge in [-0.15, -0.1) is 24.2 Å². The highest BCUT2D eigenvalue weighted by Gasteiger charge is 2.17. The zero-order valence-corrected chi connectivity index (χ0v) is 9.64. The lowest BCUT2D eigenvalue weighted by Gasteiger charge is -2.10. The Morgan fingerprint density at radius 2 is 2.00 bits per heavy atom. The van der Waals surface area contributed by atoms with Crippen molar-refractivity contribution in [2.75, 3.05) is 5.88 Å². The average molecular weight is 248 g/mol. The third kappa shape index (κ3) is 4.04. The Morgan fingerprint density at radius 3 is 2.25 bits per heavy atom. The number of rotatable bonds is 4. The molecule has 0 aromatic rings. The van der Waals surface area contributed by atoms with Gasteiger partial charge in [0.15, 0.2) is 0 Å². The molecular weight excluding hydrogens is 239 g/mol. The summed E-state index contributed by atoms with van der Waals surface area (Å²) in [4.78, 5) is 10.8. The van der Waals surface area contributed by atoms with Crippen LogP contribution in [0.15, 0.2) is 9.94 Å². The molecule has 12 heavy (non-hydrogen) atoms. The summed E-state index contributed by atoms with van der Waals surface area (Å²) >= 11 is 20.2. The summed E-state index contributed by atoms with van der Waals surface area (Å²) in [5.41, 5.74) is 0.335. The Morgan fingerprint density at radius 1 is 1.50 bits per heavy atom. The zero-order chi connectivity index (χ0) is 9.72. The molecule has 1 atom stereocenters. The zero-order valence-electron chi connectivity index (χ0n) is 6.48. The van der Waals surface area contributed by atoms with E-state index in [0.29, 0.717) is 17.9 Å². The molecule has 5 heteroatoms. The van der Waals surface area contributed by atoms with Gasteiger partial charge >= 0.3 is 0 Å². The summed E-state index contributed by atoms with van der Waals surface area (Å²) in [5.74, 6) is 0.421. The van der Waals surface area contributed by atoms with Crippen LogP contribution in [0.1, 0.15) is 13.3 Å². The predicted molar refractivity (Wildman–Crippen MR) is 57.2 cm³/mol. The van der Waals surface area contributed by atoms with Crippen molar-refractivity contribution in [2.45, 2.75) is 13.3 Å². The van der Waals surface area contributed by atoms with Crippen molar-refractivity contribution >= 4 is 52.7 Å². The molecule has 0 spiro atoms. The van der Waals surface area contributed by atoms with Gasteiger partial charge in [0.05, 0.1) is 4.36 Å². The van der Waals surface area contributed by atoms with Crippen LogP contribution >= 0.6 is 47.4 Å². The molecule has 0 aliphatic heterocycles. The molecule has 0 saturated heterocycles. The predicted octanol–water partition coefficient (Wildman–Crippen LogP) is 3.40. The van der Waals surface area contributed by atoms with Gasteiger partial charge in [0.2, 0.25) is 0 Å². The molecule has 0 heterocycles. The van der Waals surface area contributed by atoms with Gasteiger partial charge in [-0.2, -0.15) is 0 Å². The molecule has 0 aromatic carbocycles. The molecule has 0 saturated carbocycles. The summed E-state index contributed by atoms with van der Waals surface area (Å²) in [6, 6.07) is 0. The van der Waals surface area contributed by atoms with Gasteiger partial charge in [0.1, 0.15) is 0 Å². The van der Waals surface area contributed by atoms with Crippen molar-refractivity contribution in [1.29, 1.82) is 0 Å². The standard InChI is InChI=1S/C7H9Cl3OS/c1-4(2-3-8)5(6(9)11)7(10)12/h4,12H,2-3H2,1H3/b7-5+/t4-/m1/s1. The maximum atomic E-state index is 10.8. The highest BCUT2D eigenvalue weighted by atomic mass is 35.5. The normalized spacial score (nSPS) is 15.4. The van der Waals surface area contributed by atoms with Crippen LogP contribution in [0.5, 0.6) is 0 Å². The van der Waals surface area contributed by atoms with Crippen molar-refractivity contribution in [3.63, 3.8) is 0 Å². The third-order valence-corrected chi connectivity index (χ3v) is 2.34. The molecule has 0 N–H and O–H groups in total. The molecular formula is C7H9Cl3OS. The number of carbonyl (C=O) groups excluding carboxylic acids is 1. The van der Waals surface area contributed by atoms with Crippen LogP contribution in [0.4, 0.5) is 0 Å². The molecule has 0 amide bonds. The van der Waals surface area contributed by atoms with Crippen LogP contribution in [0.2, 0.25) is 0 Å². The van der Waals surface area contributed by atoms with E-state index in [1.807, 2.05) is 6.92 Å². The maximum Gasteiger partial charge on any atom is 0.250 e. The number of allylic oxidation sites excluding steroid dienone is 1. The highest BCUT2D eigenvalue weighted by Crippen LogP contribution is 2.25. The van der Waals surface area contributed by atoms with Crippen molar-refractivity contribution in [1.82, 2.24) is 0 Å². The lowest BCUT2D eigenvalue weighted by atomic mass is 10.0. The average Bonchev–Trinajstić information content (AvgIpc) is 1.85. The second-order valence-electron chi connectivity index (χ2n) is 2.36. The Hall–Kier alpha value is 0.630. The molecule has 0 radical (unpaired) electrons. The summed E-state index contributed by atoms with van der Waals surface area (Å²) in [7, 11) is 0. The first-order valence-electron chi connectivity index (χ1n) is 3.35. The molecule has 0 aliphatic carbocycles. The van der Waals surface area contributed by atoms with E-state index in [-0.39, 0.29) is 10.3 Å². The van der Waals surface area contributed by atoms with Crippen LogP contribution in [-0.4, -0.2) is 11.1 Å². The Kier molecular flexibility index (Phi) is 6.46. The van der Waals surface area contributed by atoms with Gasteiger partial charge < -0.3 is 0 Å². The van der Waals surface area contributed by atoms with Gasteiger partial charge in [-0.1, -0.05) is 18.5 Å². The minimum Gasteiger partial charge on any atom is -0.276 e. The van der Waals surface area contributed by atoms with Crippen molar-refractivity contribution in [3.05, 3.63) is 9.94 Å². The van der Waals surface area contributed by atoms with Crippen molar-refractivity contribution < 1.29 is 4.79 Å². The number of hydrogen-bond donors (Lipinski definition) is 1. The summed E-state index contributed by atoms with van der Waals surface area (Å²) in [6.45, 7) is 1.83. The van der Waals surface area contributed by atoms with Crippen LogP contribution < -0.4 is 0 Å². The monoisotopic (exact) mass is 246 g/mol. The van der Waals surface area contributed by atoms with E-state index in [2.05, 4.69) is 12.6 Å². The first-order chi connectivity index (χ1) is 5.50. The van der Waals surface area contributed by atoms with Gasteiger partial charge in [0, 0.05) is 11.5 Å². The summed E-state index contributed by atoms with van der Waals surface area (Å²) in [5, 5.41) is -0.562. The van der Waals surface area contributed by atoms with Crippen LogP contribution in [-0.2, 0) is 4.79 Å². The number of carbonyl (C=O) groups is 1. The fraction of sp³-hybridized carbons (Fsp3) is 0.571. The highest BCUT2D eigenvalue weighted by molar-refractivity contribution is 7.86. The second kappa shape index (κ2) is 6.14. The Balaban J connectivity index is 4.54. The molecule has 0 rings (SSSR count). The fourth-order valence-corrected chi connectivity index (χ4v) is 2.10. The van der Waals surface area contributed by atoms with E-state index in [4.69, 9.17) is 34.8 Å². The van der Waals surface area contributed by atoms with Crippen molar-refractivity contribution in [2.24, 2.45) is 5.92 Å². The number of alkyl halides is 1. The van der Waals surface area contributed by atoms with Gasteiger partial charge in [-0.3, -0.25) is 4.79 Å². The lowest BCUT2D eigenvalue weighted by molar-refractivity contribution is -0.109. The van der Waals surface area contributed by atoms with Crippen LogP contribution in [0, 0.1) is 5.92 Å². The van der Waals surface area contributed by atoms with Crippen LogP contribution in [0.25, 0.3) is 0 Å². The molecule has 0 aromatic heterocycles. The number of thiol groups is 1. The van der Waals surface area contributed by atoms with E-state index < -0.39 is 5.24 Å². The molecule has 1 nitrogen and oxygen atoms in total. The van der Waals surface area contributed by atoms with E-state index in [1.165, 1.54) is 0 Å². The molecule has 0 unspecified atom stereocenters. The molecule has 0 bridgehead atoms. The molecule has 0 fully saturated rings. The summed E-state index contributed by atoms with van der Waals surface area (Å²) in [6.07, 6.45) is 0.659. The van der Waals surface area contributed by atoms with Crippen LogP contribution in [0.3, 0.4) is 0 Å². The minimum absolute atomic E-state index is 0.0440. The topological polar surface area (TPSA) is 17.1 Å². The van der Waals surface area contributed by atoms with E-state index >= 15 is 0 Å². The first kappa shape index (κ1) is 12.6. The Bertz CT molecular complexity index is 199. The van der Waals surface area contributed by atoms with Gasteiger partial charge in [-0.25, -0.2) is 0 Å². The third-order valence-electron chi connectivity index (χ3n) is 1.47. The Labute approximate surface area is 92.5 Å². The van der Waals surface area contributed by atoms with Gasteiger partial charge in [0.25, 0.3) is 5.24 Å². The molecule has 70 valence electrons. The fourth-order valence-electron chi connectivity index (χ4n) is 0.786. The van der Waals surface area contributed by atoms with E-state index in [0.717, 1.165) is 0 Å². The molecule has 0 aliphatic rings. The smallest absolute Gasteiger partial charge is 0.250 e. The largest absolute Gasteiger partial charge is 0.276 e. The minimum atomic E-state index is -0.562. The number of halogens is 3. The lowest BCUT2D eigenvalue weighted by Crippen LogP contribution is -2.07. The quantitative estimate of drug-likeness (QED) is 0.349. The van der Waals surface area contributed by atoms with Crippen molar-refractivity contribution in [3.8, 4) is 0 Å². The van der Waals surface area contributed by atoms with E-state index in [1.54, 1.807) is 0 Å². The maximum absolute atomic E-state index is 10.8.